The smallest absolute Gasteiger partial charge is 0.221 e. The standard InChI is InChI=1S/C12H19NO2/c1-3-4-10(12(13)15)11(8(2)14)7-9-5-6-9/h3,9-11H,1,4-7H2,2H3,(H2,13,15). The van der Waals surface area contributed by atoms with E-state index in [1.807, 2.05) is 0 Å². The summed E-state index contributed by atoms with van der Waals surface area (Å²) in [4.78, 5) is 22.7. The van der Waals surface area contributed by atoms with E-state index in [4.69, 9.17) is 5.73 Å². The lowest BCUT2D eigenvalue weighted by atomic mass is 9.82. The first-order chi connectivity index (χ1) is 7.06. The zero-order valence-electron chi connectivity index (χ0n) is 9.24. The fourth-order valence-corrected chi connectivity index (χ4v) is 1.98. The van der Waals surface area contributed by atoms with Crippen LogP contribution < -0.4 is 5.73 Å². The molecule has 0 radical (unpaired) electrons. The van der Waals surface area contributed by atoms with Gasteiger partial charge < -0.3 is 5.73 Å². The molecule has 1 saturated carbocycles. The van der Waals surface area contributed by atoms with E-state index in [2.05, 4.69) is 6.58 Å². The average Bonchev–Trinajstić information content (AvgIpc) is 2.93. The number of ketones is 1. The molecule has 0 spiro atoms. The molecular formula is C12H19NO2. The zero-order valence-corrected chi connectivity index (χ0v) is 9.24. The molecule has 0 aromatic rings. The van der Waals surface area contributed by atoms with Gasteiger partial charge in [-0.15, -0.1) is 6.58 Å². The molecule has 2 atom stereocenters. The van der Waals surface area contributed by atoms with Crippen LogP contribution in [0.3, 0.4) is 0 Å². The highest BCUT2D eigenvalue weighted by Crippen LogP contribution is 2.38. The molecule has 0 aliphatic heterocycles. The van der Waals surface area contributed by atoms with Crippen LogP contribution in [0.2, 0.25) is 0 Å². The molecule has 1 aliphatic carbocycles. The fourth-order valence-electron chi connectivity index (χ4n) is 1.98. The van der Waals surface area contributed by atoms with Gasteiger partial charge in [0.1, 0.15) is 5.78 Å². The Hall–Kier alpha value is -1.12. The molecule has 1 rings (SSSR count). The van der Waals surface area contributed by atoms with E-state index in [0.717, 1.165) is 6.42 Å². The lowest BCUT2D eigenvalue weighted by Crippen LogP contribution is -2.33. The Morgan fingerprint density at radius 2 is 2.07 bits per heavy atom. The quantitative estimate of drug-likeness (QED) is 0.648. The second-order valence-corrected chi connectivity index (χ2v) is 4.43. The molecular weight excluding hydrogens is 190 g/mol. The van der Waals surface area contributed by atoms with Gasteiger partial charge in [0.05, 0.1) is 5.92 Å². The molecule has 1 amide bonds. The van der Waals surface area contributed by atoms with Crippen molar-refractivity contribution in [3.05, 3.63) is 12.7 Å². The van der Waals surface area contributed by atoms with Crippen molar-refractivity contribution in [3.8, 4) is 0 Å². The van der Waals surface area contributed by atoms with Crippen molar-refractivity contribution in [2.24, 2.45) is 23.5 Å². The van der Waals surface area contributed by atoms with Crippen molar-refractivity contribution >= 4 is 11.7 Å². The van der Waals surface area contributed by atoms with E-state index < -0.39 is 0 Å². The maximum Gasteiger partial charge on any atom is 0.221 e. The van der Waals surface area contributed by atoms with E-state index in [9.17, 15) is 9.59 Å². The van der Waals surface area contributed by atoms with Gasteiger partial charge >= 0.3 is 0 Å². The summed E-state index contributed by atoms with van der Waals surface area (Å²) >= 11 is 0. The third-order valence-corrected chi connectivity index (χ3v) is 3.08. The van der Waals surface area contributed by atoms with Gasteiger partial charge in [0.2, 0.25) is 5.91 Å². The highest BCUT2D eigenvalue weighted by Gasteiger charge is 2.34. The Morgan fingerprint density at radius 3 is 2.40 bits per heavy atom. The largest absolute Gasteiger partial charge is 0.369 e. The van der Waals surface area contributed by atoms with E-state index in [0.29, 0.717) is 12.3 Å². The van der Waals surface area contributed by atoms with E-state index in [1.54, 1.807) is 13.0 Å². The summed E-state index contributed by atoms with van der Waals surface area (Å²) in [6.07, 6.45) is 5.36. The molecule has 2 unspecified atom stereocenters. The van der Waals surface area contributed by atoms with Gasteiger partial charge in [-0.1, -0.05) is 18.9 Å². The molecule has 15 heavy (non-hydrogen) atoms. The Kier molecular flexibility index (Phi) is 4.06. The number of carbonyl (C=O) groups is 2. The number of hydrogen-bond acceptors (Lipinski definition) is 2. The van der Waals surface area contributed by atoms with Crippen LogP contribution >= 0.6 is 0 Å². The summed E-state index contributed by atoms with van der Waals surface area (Å²) in [7, 11) is 0. The highest BCUT2D eigenvalue weighted by molar-refractivity contribution is 5.86. The predicted molar refractivity (Wildman–Crippen MR) is 59.0 cm³/mol. The van der Waals surface area contributed by atoms with Crippen LogP contribution in [0.15, 0.2) is 12.7 Å². The van der Waals surface area contributed by atoms with Gasteiger partial charge in [-0.05, 0) is 25.7 Å². The minimum Gasteiger partial charge on any atom is -0.369 e. The minimum absolute atomic E-state index is 0.0764. The number of nitrogens with two attached hydrogens (primary N) is 1. The van der Waals surface area contributed by atoms with Crippen LogP contribution in [0.4, 0.5) is 0 Å². The lowest BCUT2D eigenvalue weighted by molar-refractivity contribution is -0.131. The Labute approximate surface area is 90.7 Å². The Balaban J connectivity index is 2.67. The maximum atomic E-state index is 11.5. The third-order valence-electron chi connectivity index (χ3n) is 3.08. The van der Waals surface area contributed by atoms with Gasteiger partial charge in [-0.3, -0.25) is 9.59 Å². The lowest BCUT2D eigenvalue weighted by Gasteiger charge is -2.21. The normalized spacial score (nSPS) is 19.3. The molecule has 3 nitrogen and oxygen atoms in total. The number of primary amides is 1. The molecule has 1 aliphatic rings. The van der Waals surface area contributed by atoms with Crippen LogP contribution in [0.1, 0.15) is 32.6 Å². The zero-order chi connectivity index (χ0) is 11.4. The van der Waals surface area contributed by atoms with Crippen LogP contribution in [0, 0.1) is 17.8 Å². The molecule has 0 saturated heterocycles. The third kappa shape index (κ3) is 3.50. The van der Waals surface area contributed by atoms with Crippen LogP contribution in [0.25, 0.3) is 0 Å². The molecule has 0 aromatic heterocycles. The molecule has 0 aromatic carbocycles. The average molecular weight is 209 g/mol. The first-order valence-electron chi connectivity index (χ1n) is 5.47. The Morgan fingerprint density at radius 1 is 1.47 bits per heavy atom. The topological polar surface area (TPSA) is 60.2 Å². The van der Waals surface area contributed by atoms with Gasteiger partial charge in [0, 0.05) is 5.92 Å². The van der Waals surface area contributed by atoms with Crippen LogP contribution in [-0.4, -0.2) is 11.7 Å². The van der Waals surface area contributed by atoms with Crippen molar-refractivity contribution < 1.29 is 9.59 Å². The molecule has 0 heterocycles. The molecule has 1 fully saturated rings. The number of rotatable bonds is 7. The van der Waals surface area contributed by atoms with Crippen LogP contribution in [0.5, 0.6) is 0 Å². The number of carbonyl (C=O) groups excluding carboxylic acids is 2. The number of hydrogen-bond donors (Lipinski definition) is 1. The van der Waals surface area contributed by atoms with Gasteiger partial charge in [-0.2, -0.15) is 0 Å². The number of Topliss-reactive ketones (excluding diaryl/α,β-unsaturated/α-hetero) is 1. The van der Waals surface area contributed by atoms with Crippen molar-refractivity contribution in [1.82, 2.24) is 0 Å². The summed E-state index contributed by atoms with van der Waals surface area (Å²) in [5.41, 5.74) is 5.32. The van der Waals surface area contributed by atoms with Crippen molar-refractivity contribution in [3.63, 3.8) is 0 Å². The van der Waals surface area contributed by atoms with Gasteiger partial charge in [0.25, 0.3) is 0 Å². The number of amides is 1. The van der Waals surface area contributed by atoms with Crippen molar-refractivity contribution in [2.45, 2.75) is 32.6 Å². The monoisotopic (exact) mass is 209 g/mol. The highest BCUT2D eigenvalue weighted by atomic mass is 16.1. The number of allylic oxidation sites excluding steroid dienone is 1. The second kappa shape index (κ2) is 5.10. The molecule has 0 bridgehead atoms. The van der Waals surface area contributed by atoms with Crippen molar-refractivity contribution in [1.29, 1.82) is 0 Å². The van der Waals surface area contributed by atoms with E-state index in [-0.39, 0.29) is 23.5 Å². The van der Waals surface area contributed by atoms with Gasteiger partial charge in [-0.25, -0.2) is 0 Å². The van der Waals surface area contributed by atoms with E-state index >= 15 is 0 Å². The summed E-state index contributed by atoms with van der Waals surface area (Å²) in [5.74, 6) is -0.234. The first-order valence-corrected chi connectivity index (χ1v) is 5.47. The van der Waals surface area contributed by atoms with Crippen LogP contribution in [-0.2, 0) is 9.59 Å². The summed E-state index contributed by atoms with van der Waals surface area (Å²) < 4.78 is 0. The predicted octanol–water partition coefficient (Wildman–Crippen LogP) is 1.67. The van der Waals surface area contributed by atoms with Gasteiger partial charge in [0.15, 0.2) is 0 Å². The summed E-state index contributed by atoms with van der Waals surface area (Å²) in [5, 5.41) is 0. The van der Waals surface area contributed by atoms with E-state index in [1.165, 1.54) is 12.8 Å². The summed E-state index contributed by atoms with van der Waals surface area (Å²) in [6.45, 7) is 5.15. The maximum absolute atomic E-state index is 11.5. The molecule has 2 N–H and O–H groups in total. The molecule has 84 valence electrons. The fraction of sp³-hybridized carbons (Fsp3) is 0.667. The molecule has 3 heteroatoms. The summed E-state index contributed by atoms with van der Waals surface area (Å²) in [6, 6.07) is 0. The van der Waals surface area contributed by atoms with Crippen molar-refractivity contribution in [2.75, 3.05) is 0 Å². The first kappa shape index (κ1) is 12.0. The second-order valence-electron chi connectivity index (χ2n) is 4.43. The Bertz CT molecular complexity index is 269. The SMILES string of the molecule is C=CCC(C(N)=O)C(CC1CC1)C(C)=O. The minimum atomic E-state index is -0.379.